The maximum absolute atomic E-state index is 6.11. The highest BCUT2D eigenvalue weighted by atomic mass is 32.1. The van der Waals surface area contributed by atoms with Gasteiger partial charge in [-0.05, 0) is 25.0 Å². The third kappa shape index (κ3) is 3.25. The Labute approximate surface area is 111 Å². The summed E-state index contributed by atoms with van der Waals surface area (Å²) in [5.74, 6) is 0. The van der Waals surface area contributed by atoms with Gasteiger partial charge < -0.3 is 5.73 Å². The van der Waals surface area contributed by atoms with Crippen LogP contribution in [0.4, 0.5) is 0 Å². The van der Waals surface area contributed by atoms with Crippen molar-refractivity contribution in [1.82, 2.24) is 4.67 Å². The lowest BCUT2D eigenvalue weighted by molar-refractivity contribution is 0.500. The van der Waals surface area contributed by atoms with Gasteiger partial charge in [-0.1, -0.05) is 33.7 Å². The van der Waals surface area contributed by atoms with E-state index in [1.807, 2.05) is 12.2 Å². The van der Waals surface area contributed by atoms with E-state index in [0.29, 0.717) is 0 Å². The Morgan fingerprint density at radius 3 is 2.76 bits per heavy atom. The number of thiol groups is 1. The fourth-order valence-electron chi connectivity index (χ4n) is 1.97. The van der Waals surface area contributed by atoms with Gasteiger partial charge in [0, 0.05) is 29.1 Å². The molecule has 1 aliphatic carbocycles. The summed E-state index contributed by atoms with van der Waals surface area (Å²) in [6.07, 6.45) is 11.5. The Morgan fingerprint density at radius 2 is 2.12 bits per heavy atom. The topological polar surface area (TPSA) is 29.3 Å². The molecular formula is C13H19N2PS. The van der Waals surface area contributed by atoms with E-state index in [1.54, 1.807) is 0 Å². The van der Waals surface area contributed by atoms with Crippen LogP contribution in [0.1, 0.15) is 13.3 Å². The SMILES string of the molecule is CC1(S)C=CC(N)=C(C2=CCN(P)CC2)C=C1. The number of hydrogen-bond donors (Lipinski definition) is 2. The third-order valence-corrected chi connectivity index (χ3v) is 3.85. The molecule has 2 rings (SSSR count). The first-order valence-electron chi connectivity index (χ1n) is 5.77. The van der Waals surface area contributed by atoms with Crippen LogP contribution in [0.2, 0.25) is 0 Å². The zero-order valence-corrected chi connectivity index (χ0v) is 12.1. The molecule has 0 amide bonds. The second-order valence-electron chi connectivity index (χ2n) is 4.74. The van der Waals surface area contributed by atoms with Gasteiger partial charge in [0.15, 0.2) is 0 Å². The number of nitrogens with two attached hydrogens (primary N) is 1. The van der Waals surface area contributed by atoms with Crippen molar-refractivity contribution < 1.29 is 0 Å². The lowest BCUT2D eigenvalue weighted by Crippen LogP contribution is -2.19. The molecule has 2 aliphatic rings. The van der Waals surface area contributed by atoms with E-state index in [9.17, 15) is 0 Å². The molecule has 1 aliphatic heterocycles. The van der Waals surface area contributed by atoms with Crippen molar-refractivity contribution in [3.63, 3.8) is 0 Å². The molecule has 2 N–H and O–H groups in total. The Balaban J connectivity index is 2.29. The molecule has 0 aromatic heterocycles. The molecule has 0 bridgehead atoms. The molecule has 0 spiro atoms. The predicted octanol–water partition coefficient (Wildman–Crippen LogP) is 2.44. The van der Waals surface area contributed by atoms with Gasteiger partial charge in [-0.3, -0.25) is 4.67 Å². The van der Waals surface area contributed by atoms with Gasteiger partial charge in [0.2, 0.25) is 0 Å². The number of rotatable bonds is 1. The standard InChI is InChI=1S/C13H19N2PS/c1-13(17)6-2-11(12(14)3-7-13)10-4-8-15(16)9-5-10/h2-4,6-7,17H,5,8-9,14,16H2,1H3. The van der Waals surface area contributed by atoms with Gasteiger partial charge in [0.1, 0.15) is 0 Å². The Hall–Kier alpha value is -0.500. The highest BCUT2D eigenvalue weighted by Crippen LogP contribution is 2.28. The van der Waals surface area contributed by atoms with Crippen molar-refractivity contribution in [2.45, 2.75) is 18.1 Å². The predicted molar refractivity (Wildman–Crippen MR) is 80.9 cm³/mol. The summed E-state index contributed by atoms with van der Waals surface area (Å²) in [5, 5.41) is 0. The molecular weight excluding hydrogens is 247 g/mol. The van der Waals surface area contributed by atoms with Crippen LogP contribution in [0.3, 0.4) is 0 Å². The van der Waals surface area contributed by atoms with E-state index in [-0.39, 0.29) is 4.75 Å². The summed E-state index contributed by atoms with van der Waals surface area (Å²) in [6.45, 7) is 4.08. The molecule has 0 saturated heterocycles. The summed E-state index contributed by atoms with van der Waals surface area (Å²) in [4.78, 5) is 0. The van der Waals surface area contributed by atoms with Crippen LogP contribution >= 0.6 is 22.0 Å². The van der Waals surface area contributed by atoms with E-state index in [0.717, 1.165) is 30.8 Å². The molecule has 2 unspecified atom stereocenters. The van der Waals surface area contributed by atoms with E-state index in [1.165, 1.54) is 5.57 Å². The maximum atomic E-state index is 6.11. The molecule has 0 radical (unpaired) electrons. The van der Waals surface area contributed by atoms with Gasteiger partial charge in [-0.25, -0.2) is 0 Å². The van der Waals surface area contributed by atoms with Crippen molar-refractivity contribution in [1.29, 1.82) is 0 Å². The molecule has 92 valence electrons. The first-order chi connectivity index (χ1) is 7.98. The monoisotopic (exact) mass is 266 g/mol. The van der Waals surface area contributed by atoms with Gasteiger partial charge in [-0.2, -0.15) is 12.6 Å². The van der Waals surface area contributed by atoms with Crippen LogP contribution < -0.4 is 5.73 Å². The first-order valence-corrected chi connectivity index (χ1v) is 6.74. The number of hydrogen-bond acceptors (Lipinski definition) is 3. The molecule has 0 aromatic carbocycles. The summed E-state index contributed by atoms with van der Waals surface area (Å²) in [6, 6.07) is 0. The van der Waals surface area contributed by atoms with E-state index < -0.39 is 0 Å². The van der Waals surface area contributed by atoms with Crippen molar-refractivity contribution in [3.8, 4) is 0 Å². The second-order valence-corrected chi connectivity index (χ2v) is 6.43. The molecule has 17 heavy (non-hydrogen) atoms. The summed E-state index contributed by atoms with van der Waals surface area (Å²) < 4.78 is 2.01. The smallest absolute Gasteiger partial charge is 0.0467 e. The normalized spacial score (nSPS) is 30.4. The lowest BCUT2D eigenvalue weighted by Gasteiger charge is -2.22. The molecule has 0 aromatic rings. The van der Waals surface area contributed by atoms with Crippen LogP contribution in [0.5, 0.6) is 0 Å². The van der Waals surface area contributed by atoms with E-state index >= 15 is 0 Å². The van der Waals surface area contributed by atoms with Crippen molar-refractivity contribution >= 4 is 22.0 Å². The fourth-order valence-corrected chi connectivity index (χ4v) is 2.36. The largest absolute Gasteiger partial charge is 0.398 e. The molecule has 2 atom stereocenters. The molecule has 2 nitrogen and oxygen atoms in total. The van der Waals surface area contributed by atoms with Gasteiger partial charge >= 0.3 is 0 Å². The van der Waals surface area contributed by atoms with Crippen LogP contribution in [0, 0.1) is 0 Å². The minimum atomic E-state index is -0.214. The molecule has 0 fully saturated rings. The van der Waals surface area contributed by atoms with Crippen LogP contribution in [0.25, 0.3) is 0 Å². The van der Waals surface area contributed by atoms with Crippen molar-refractivity contribution in [3.05, 3.63) is 47.2 Å². The van der Waals surface area contributed by atoms with Crippen LogP contribution in [-0.4, -0.2) is 22.5 Å². The summed E-state index contributed by atoms with van der Waals surface area (Å²) in [7, 11) is 2.74. The van der Waals surface area contributed by atoms with Gasteiger partial charge in [-0.15, -0.1) is 0 Å². The van der Waals surface area contributed by atoms with E-state index in [4.69, 9.17) is 5.73 Å². The number of nitrogens with zero attached hydrogens (tertiary/aromatic N) is 1. The molecule has 4 heteroatoms. The first kappa shape index (κ1) is 12.9. The molecule has 1 heterocycles. The minimum Gasteiger partial charge on any atom is -0.398 e. The Morgan fingerprint density at radius 1 is 1.41 bits per heavy atom. The average molecular weight is 266 g/mol. The number of allylic oxidation sites excluding steroid dienone is 3. The third-order valence-electron chi connectivity index (χ3n) is 3.09. The van der Waals surface area contributed by atoms with Gasteiger partial charge in [0.25, 0.3) is 0 Å². The summed E-state index contributed by atoms with van der Waals surface area (Å²) >= 11 is 4.56. The highest BCUT2D eigenvalue weighted by Gasteiger charge is 2.17. The Bertz CT molecular complexity index is 433. The average Bonchev–Trinajstić information content (AvgIpc) is 2.41. The van der Waals surface area contributed by atoms with Crippen molar-refractivity contribution in [2.24, 2.45) is 5.73 Å². The fraction of sp³-hybridized carbons (Fsp3) is 0.385. The second kappa shape index (κ2) is 5.01. The quantitative estimate of drug-likeness (QED) is 0.564. The zero-order chi connectivity index (χ0) is 12.5. The lowest BCUT2D eigenvalue weighted by atomic mass is 9.98. The van der Waals surface area contributed by atoms with Crippen LogP contribution in [0.15, 0.2) is 47.2 Å². The van der Waals surface area contributed by atoms with Gasteiger partial charge in [0.05, 0.1) is 0 Å². The minimum absolute atomic E-state index is 0.214. The van der Waals surface area contributed by atoms with Crippen LogP contribution in [-0.2, 0) is 0 Å². The van der Waals surface area contributed by atoms with Crippen molar-refractivity contribution in [2.75, 3.05) is 13.1 Å². The zero-order valence-electron chi connectivity index (χ0n) is 10.1. The maximum Gasteiger partial charge on any atom is 0.0467 e. The Kier molecular flexibility index (Phi) is 3.82. The highest BCUT2D eigenvalue weighted by molar-refractivity contribution is 7.82. The summed E-state index contributed by atoms with van der Waals surface area (Å²) in [5.41, 5.74) is 9.44. The molecule has 0 saturated carbocycles. The van der Waals surface area contributed by atoms with E-state index in [2.05, 4.69) is 51.8 Å².